The van der Waals surface area contributed by atoms with Crippen LogP contribution in [0.15, 0.2) is 59.6 Å². The highest BCUT2D eigenvalue weighted by Crippen LogP contribution is 2.35. The van der Waals surface area contributed by atoms with E-state index in [0.717, 1.165) is 0 Å². The van der Waals surface area contributed by atoms with Gasteiger partial charge in [0, 0.05) is 30.2 Å². The van der Waals surface area contributed by atoms with Gasteiger partial charge in [-0.1, -0.05) is 0 Å². The molecule has 1 aliphatic carbocycles. The molecule has 0 bridgehead atoms. The van der Waals surface area contributed by atoms with Crippen LogP contribution in [0.5, 0.6) is 5.88 Å². The van der Waals surface area contributed by atoms with Gasteiger partial charge in [-0.3, -0.25) is 0 Å². The van der Waals surface area contributed by atoms with E-state index in [2.05, 4.69) is 10.3 Å². The number of rotatable bonds is 5. The van der Waals surface area contributed by atoms with Gasteiger partial charge >= 0.3 is 0 Å². The monoisotopic (exact) mass is 350 g/mol. The van der Waals surface area contributed by atoms with Gasteiger partial charge in [-0.2, -0.15) is 0 Å². The van der Waals surface area contributed by atoms with Crippen molar-refractivity contribution in [2.24, 2.45) is 0 Å². The molecule has 0 spiro atoms. The number of aromatic nitrogens is 1. The fourth-order valence-corrected chi connectivity index (χ4v) is 2.63. The van der Waals surface area contributed by atoms with Crippen molar-refractivity contribution in [1.82, 2.24) is 10.3 Å². The van der Waals surface area contributed by atoms with Crippen molar-refractivity contribution in [2.75, 3.05) is 13.7 Å². The van der Waals surface area contributed by atoms with Crippen LogP contribution < -0.4 is 10.1 Å². The van der Waals surface area contributed by atoms with Crippen molar-refractivity contribution < 1.29 is 22.6 Å². The summed E-state index contributed by atoms with van der Waals surface area (Å²) in [6.07, 6.45) is 3.88. The van der Waals surface area contributed by atoms with Crippen molar-refractivity contribution in [3.63, 3.8) is 0 Å². The fraction of sp³-hybridized carbons (Fsp3) is 0.278. The molecule has 25 heavy (non-hydrogen) atoms. The minimum atomic E-state index is -2.56. The topological polar surface area (TPSA) is 43.4 Å². The number of alkyl halides is 2. The predicted octanol–water partition coefficient (Wildman–Crippen LogP) is 4.10. The number of hydrogen-bond acceptors (Lipinski definition) is 4. The zero-order chi connectivity index (χ0) is 17.8. The predicted molar refractivity (Wildman–Crippen MR) is 87.4 cm³/mol. The molecule has 0 amide bonds. The average Bonchev–Trinajstić information content (AvgIpc) is 2.62. The Balaban J connectivity index is 1.91. The molecule has 0 saturated heterocycles. The lowest BCUT2D eigenvalue weighted by Crippen LogP contribution is -2.26. The van der Waals surface area contributed by atoms with Crippen LogP contribution in [0.4, 0.5) is 13.2 Å². The molecular weight excluding hydrogens is 333 g/mol. The SMILES string of the molecule is COC1=C(c2cccnc2OC2=CC=C(C(F)F)NC2)C=C(F)CC1. The summed E-state index contributed by atoms with van der Waals surface area (Å²) < 4.78 is 50.1. The molecule has 7 heteroatoms. The molecule has 2 aliphatic rings. The van der Waals surface area contributed by atoms with E-state index in [1.807, 2.05) is 0 Å². The normalized spacial score (nSPS) is 17.6. The van der Waals surface area contributed by atoms with E-state index in [9.17, 15) is 13.2 Å². The summed E-state index contributed by atoms with van der Waals surface area (Å²) in [5.41, 5.74) is 0.997. The van der Waals surface area contributed by atoms with Gasteiger partial charge in [0.2, 0.25) is 5.88 Å². The van der Waals surface area contributed by atoms with E-state index in [4.69, 9.17) is 9.47 Å². The number of allylic oxidation sites excluding steroid dienone is 7. The Morgan fingerprint density at radius 3 is 2.76 bits per heavy atom. The van der Waals surface area contributed by atoms with Crippen LogP contribution >= 0.6 is 0 Å². The maximum Gasteiger partial charge on any atom is 0.277 e. The second-order valence-corrected chi connectivity index (χ2v) is 5.50. The van der Waals surface area contributed by atoms with Crippen LogP contribution in [0, 0.1) is 0 Å². The van der Waals surface area contributed by atoms with Crippen molar-refractivity contribution >= 4 is 5.57 Å². The Kier molecular flexibility index (Phi) is 5.11. The van der Waals surface area contributed by atoms with Crippen molar-refractivity contribution in [3.05, 3.63) is 65.2 Å². The lowest BCUT2D eigenvalue weighted by atomic mass is 9.98. The molecule has 0 radical (unpaired) electrons. The van der Waals surface area contributed by atoms with E-state index in [0.29, 0.717) is 35.5 Å². The third-order valence-electron chi connectivity index (χ3n) is 3.88. The molecule has 1 aromatic rings. The fourth-order valence-electron chi connectivity index (χ4n) is 2.63. The molecule has 0 fully saturated rings. The molecule has 1 aliphatic heterocycles. The Morgan fingerprint density at radius 2 is 2.08 bits per heavy atom. The highest BCUT2D eigenvalue weighted by atomic mass is 19.3. The summed E-state index contributed by atoms with van der Waals surface area (Å²) in [6.45, 7) is 0.118. The van der Waals surface area contributed by atoms with Crippen LogP contribution in [0.1, 0.15) is 18.4 Å². The standard InChI is InChI=1S/C18H17F3N2O2/c1-24-16-7-4-11(19)9-14(16)13-3-2-8-22-18(13)25-12-5-6-15(17(20)21)23-10-12/h2-3,5-6,8-9,17,23H,4,7,10H2,1H3. The summed E-state index contributed by atoms with van der Waals surface area (Å²) in [7, 11) is 1.54. The molecule has 1 N–H and O–H groups in total. The minimum absolute atomic E-state index is 0.118. The number of nitrogens with zero attached hydrogens (tertiary/aromatic N) is 1. The highest BCUT2D eigenvalue weighted by molar-refractivity contribution is 5.79. The Labute approximate surface area is 143 Å². The molecule has 0 saturated carbocycles. The number of pyridine rings is 1. The second-order valence-electron chi connectivity index (χ2n) is 5.50. The number of nitrogens with one attached hydrogen (secondary N) is 1. The van der Waals surface area contributed by atoms with Crippen LogP contribution in [0.25, 0.3) is 5.57 Å². The number of methoxy groups -OCH3 is 1. The summed E-state index contributed by atoms with van der Waals surface area (Å²) in [5.74, 6) is 1.10. The molecule has 3 rings (SSSR count). The van der Waals surface area contributed by atoms with E-state index < -0.39 is 6.43 Å². The quantitative estimate of drug-likeness (QED) is 0.868. The van der Waals surface area contributed by atoms with Gasteiger partial charge < -0.3 is 14.8 Å². The molecular formula is C18H17F3N2O2. The second kappa shape index (κ2) is 7.46. The van der Waals surface area contributed by atoms with Gasteiger partial charge in [-0.15, -0.1) is 0 Å². The molecule has 1 aromatic heterocycles. The van der Waals surface area contributed by atoms with Crippen molar-refractivity contribution in [1.29, 1.82) is 0 Å². The first-order valence-electron chi connectivity index (χ1n) is 7.77. The maximum absolute atomic E-state index is 13.7. The van der Waals surface area contributed by atoms with E-state index in [-0.39, 0.29) is 23.9 Å². The third kappa shape index (κ3) is 3.87. The average molecular weight is 350 g/mol. The van der Waals surface area contributed by atoms with E-state index in [1.54, 1.807) is 18.3 Å². The largest absolute Gasteiger partial charge is 0.500 e. The zero-order valence-corrected chi connectivity index (χ0v) is 13.6. The number of ether oxygens (including phenoxy) is 2. The summed E-state index contributed by atoms with van der Waals surface area (Å²) in [4.78, 5) is 4.19. The summed E-state index contributed by atoms with van der Waals surface area (Å²) in [6, 6.07) is 3.47. The lowest BCUT2D eigenvalue weighted by Gasteiger charge is -2.20. The number of hydrogen-bond donors (Lipinski definition) is 1. The molecule has 132 valence electrons. The Morgan fingerprint density at radius 1 is 1.24 bits per heavy atom. The van der Waals surface area contributed by atoms with E-state index in [1.165, 1.54) is 25.3 Å². The molecule has 0 atom stereocenters. The van der Waals surface area contributed by atoms with Crippen LogP contribution in [-0.4, -0.2) is 25.1 Å². The molecule has 4 nitrogen and oxygen atoms in total. The van der Waals surface area contributed by atoms with Crippen molar-refractivity contribution in [3.8, 4) is 5.88 Å². The molecule has 0 aromatic carbocycles. The number of dihydropyridines is 1. The first-order valence-corrected chi connectivity index (χ1v) is 7.77. The first kappa shape index (κ1) is 17.1. The first-order chi connectivity index (χ1) is 12.1. The zero-order valence-electron chi connectivity index (χ0n) is 13.6. The lowest BCUT2D eigenvalue weighted by molar-refractivity contribution is 0.179. The number of halogens is 3. The van der Waals surface area contributed by atoms with Gasteiger partial charge in [0.05, 0.1) is 19.4 Å². The Hall–Kier alpha value is -2.70. The van der Waals surface area contributed by atoms with Crippen LogP contribution in [0.2, 0.25) is 0 Å². The smallest absolute Gasteiger partial charge is 0.277 e. The van der Waals surface area contributed by atoms with Crippen molar-refractivity contribution in [2.45, 2.75) is 19.3 Å². The molecule has 0 unspecified atom stereocenters. The van der Waals surface area contributed by atoms with Gasteiger partial charge in [-0.05, 0) is 30.4 Å². The molecule has 2 heterocycles. The summed E-state index contributed by atoms with van der Waals surface area (Å²) >= 11 is 0. The van der Waals surface area contributed by atoms with Crippen LogP contribution in [0.3, 0.4) is 0 Å². The maximum atomic E-state index is 13.7. The summed E-state index contributed by atoms with van der Waals surface area (Å²) in [5, 5.41) is 2.60. The highest BCUT2D eigenvalue weighted by Gasteiger charge is 2.21. The van der Waals surface area contributed by atoms with Crippen LogP contribution in [-0.2, 0) is 4.74 Å². The minimum Gasteiger partial charge on any atom is -0.500 e. The van der Waals surface area contributed by atoms with E-state index >= 15 is 0 Å². The van der Waals surface area contributed by atoms with Gasteiger partial charge in [0.15, 0.2) is 0 Å². The van der Waals surface area contributed by atoms with Gasteiger partial charge in [0.25, 0.3) is 6.43 Å². The third-order valence-corrected chi connectivity index (χ3v) is 3.88. The Bertz CT molecular complexity index is 782. The van der Waals surface area contributed by atoms with Gasteiger partial charge in [-0.25, -0.2) is 18.2 Å². The van der Waals surface area contributed by atoms with Gasteiger partial charge in [0.1, 0.15) is 17.3 Å².